The zero-order valence-corrected chi connectivity index (χ0v) is 16.7. The van der Waals surface area contributed by atoms with E-state index in [1.165, 1.54) is 64.2 Å². The zero-order valence-electron chi connectivity index (χ0n) is 16.7. The Morgan fingerprint density at radius 2 is 1.29 bits per heavy atom. The van der Waals surface area contributed by atoms with Gasteiger partial charge in [-0.1, -0.05) is 107 Å². The Morgan fingerprint density at radius 3 is 1.52 bits per heavy atom. The first kappa shape index (κ1) is 23.3. The summed E-state index contributed by atoms with van der Waals surface area (Å²) in [6.07, 6.45) is 14.4. The molecule has 0 radical (unpaired) electrons. The number of rotatable bonds is 6. The molecule has 0 aromatic heterocycles. The minimum atomic E-state index is 0.738. The van der Waals surface area contributed by atoms with E-state index < -0.39 is 0 Å². The van der Waals surface area contributed by atoms with E-state index in [1.807, 2.05) is 13.8 Å². The van der Waals surface area contributed by atoms with Gasteiger partial charge in [0.25, 0.3) is 0 Å². The average Bonchev–Trinajstić information content (AvgIpc) is 2.52. The quantitative estimate of drug-likeness (QED) is 0.463. The summed E-state index contributed by atoms with van der Waals surface area (Å²) in [5.41, 5.74) is 0.738. The van der Waals surface area contributed by atoms with Gasteiger partial charge in [0.15, 0.2) is 0 Å². The minimum Gasteiger partial charge on any atom is -0.0683 e. The third-order valence-corrected chi connectivity index (χ3v) is 5.27. The van der Waals surface area contributed by atoms with Crippen LogP contribution in [0.5, 0.6) is 0 Å². The van der Waals surface area contributed by atoms with Gasteiger partial charge in [-0.25, -0.2) is 0 Å². The highest BCUT2D eigenvalue weighted by Gasteiger charge is 2.35. The number of hydrogen-bond acceptors (Lipinski definition) is 0. The van der Waals surface area contributed by atoms with Crippen LogP contribution in [-0.4, -0.2) is 0 Å². The fourth-order valence-electron chi connectivity index (χ4n) is 4.04. The molecule has 0 heterocycles. The second-order valence-corrected chi connectivity index (χ2v) is 6.97. The van der Waals surface area contributed by atoms with E-state index in [0.717, 1.165) is 17.3 Å². The largest absolute Gasteiger partial charge is 0.0683 e. The normalized spacial score (nSPS) is 16.9. The molecule has 0 N–H and O–H groups in total. The Bertz CT molecular complexity index is 182. The first-order valence-corrected chi connectivity index (χ1v) is 10.1. The SMILES string of the molecule is CC.CCC(CC)C1(CC)CCCCC1.CCCC(C)C. The van der Waals surface area contributed by atoms with Gasteiger partial charge in [-0.2, -0.15) is 0 Å². The van der Waals surface area contributed by atoms with E-state index in [0.29, 0.717) is 0 Å². The molecular weight excluding hydrogens is 252 g/mol. The van der Waals surface area contributed by atoms with Crippen LogP contribution in [0.4, 0.5) is 0 Å². The Kier molecular flexibility index (Phi) is 16.5. The molecule has 0 aromatic rings. The second-order valence-electron chi connectivity index (χ2n) is 6.97. The Balaban J connectivity index is 0. The van der Waals surface area contributed by atoms with Crippen molar-refractivity contribution in [3.05, 3.63) is 0 Å². The summed E-state index contributed by atoms with van der Waals surface area (Å²) >= 11 is 0. The fourth-order valence-corrected chi connectivity index (χ4v) is 4.04. The Morgan fingerprint density at radius 1 is 0.810 bits per heavy atom. The van der Waals surface area contributed by atoms with E-state index in [4.69, 9.17) is 0 Å². The van der Waals surface area contributed by atoms with E-state index >= 15 is 0 Å². The van der Waals surface area contributed by atoms with Crippen LogP contribution < -0.4 is 0 Å². The van der Waals surface area contributed by atoms with Gasteiger partial charge in [0.05, 0.1) is 0 Å². The molecule has 0 heteroatoms. The van der Waals surface area contributed by atoms with Gasteiger partial charge in [0.2, 0.25) is 0 Å². The highest BCUT2D eigenvalue weighted by molar-refractivity contribution is 4.86. The molecule has 21 heavy (non-hydrogen) atoms. The summed E-state index contributed by atoms with van der Waals surface area (Å²) in [5.74, 6) is 1.90. The van der Waals surface area contributed by atoms with Crippen molar-refractivity contribution in [2.45, 2.75) is 120 Å². The third kappa shape index (κ3) is 9.59. The summed E-state index contributed by atoms with van der Waals surface area (Å²) in [7, 11) is 0. The van der Waals surface area contributed by atoms with Gasteiger partial charge in [-0.05, 0) is 30.1 Å². The molecule has 1 aliphatic carbocycles. The molecule has 1 aliphatic rings. The second kappa shape index (κ2) is 14.9. The first-order valence-electron chi connectivity index (χ1n) is 10.1. The minimum absolute atomic E-state index is 0.738. The van der Waals surface area contributed by atoms with Crippen LogP contribution in [0.15, 0.2) is 0 Å². The van der Waals surface area contributed by atoms with Crippen molar-refractivity contribution in [2.75, 3.05) is 0 Å². The summed E-state index contributed by atoms with van der Waals surface area (Å²) < 4.78 is 0. The smallest absolute Gasteiger partial charge is 0.0272 e. The molecule has 0 unspecified atom stereocenters. The van der Waals surface area contributed by atoms with Crippen molar-refractivity contribution in [1.29, 1.82) is 0 Å². The van der Waals surface area contributed by atoms with Crippen LogP contribution in [0.1, 0.15) is 120 Å². The van der Waals surface area contributed by atoms with E-state index in [9.17, 15) is 0 Å². The molecule has 1 saturated carbocycles. The van der Waals surface area contributed by atoms with Crippen LogP contribution in [0, 0.1) is 17.3 Å². The lowest BCUT2D eigenvalue weighted by Crippen LogP contribution is -2.31. The van der Waals surface area contributed by atoms with E-state index in [2.05, 4.69) is 41.5 Å². The van der Waals surface area contributed by atoms with E-state index in [-0.39, 0.29) is 0 Å². The Labute approximate surface area is 137 Å². The highest BCUT2D eigenvalue weighted by Crippen LogP contribution is 2.47. The maximum atomic E-state index is 2.41. The monoisotopic (exact) mass is 298 g/mol. The van der Waals surface area contributed by atoms with Gasteiger partial charge >= 0.3 is 0 Å². The first-order chi connectivity index (χ1) is 10.1. The van der Waals surface area contributed by atoms with Crippen molar-refractivity contribution < 1.29 is 0 Å². The summed E-state index contributed by atoms with van der Waals surface area (Å²) in [5, 5.41) is 0. The van der Waals surface area contributed by atoms with Crippen LogP contribution in [0.25, 0.3) is 0 Å². The maximum Gasteiger partial charge on any atom is -0.0272 e. The van der Waals surface area contributed by atoms with Crippen molar-refractivity contribution in [3.63, 3.8) is 0 Å². The fraction of sp³-hybridized carbons (Fsp3) is 1.00. The lowest BCUT2D eigenvalue weighted by Gasteiger charge is -2.43. The molecule has 0 saturated heterocycles. The Hall–Kier alpha value is 0. The molecule has 1 rings (SSSR count). The molecule has 0 spiro atoms. The van der Waals surface area contributed by atoms with Crippen LogP contribution >= 0.6 is 0 Å². The lowest BCUT2D eigenvalue weighted by molar-refractivity contribution is 0.0835. The van der Waals surface area contributed by atoms with Crippen molar-refractivity contribution in [1.82, 2.24) is 0 Å². The summed E-state index contributed by atoms with van der Waals surface area (Å²) in [6.45, 7) is 17.9. The molecule has 130 valence electrons. The summed E-state index contributed by atoms with van der Waals surface area (Å²) in [6, 6.07) is 0. The molecule has 0 atom stereocenters. The van der Waals surface area contributed by atoms with Crippen molar-refractivity contribution in [2.24, 2.45) is 17.3 Å². The third-order valence-electron chi connectivity index (χ3n) is 5.27. The van der Waals surface area contributed by atoms with Gasteiger partial charge in [0.1, 0.15) is 0 Å². The van der Waals surface area contributed by atoms with Crippen LogP contribution in [-0.2, 0) is 0 Å². The predicted molar refractivity (Wildman–Crippen MR) is 101 cm³/mol. The topological polar surface area (TPSA) is 0 Å². The molecule has 0 nitrogen and oxygen atoms in total. The number of hydrogen-bond donors (Lipinski definition) is 0. The van der Waals surface area contributed by atoms with Crippen molar-refractivity contribution in [3.8, 4) is 0 Å². The summed E-state index contributed by atoms with van der Waals surface area (Å²) in [4.78, 5) is 0. The average molecular weight is 299 g/mol. The molecule has 0 amide bonds. The zero-order chi connectivity index (χ0) is 16.7. The van der Waals surface area contributed by atoms with E-state index in [1.54, 1.807) is 0 Å². The molecule has 1 fully saturated rings. The standard InChI is InChI=1S/C13H26.C6H14.C2H6/c1-4-12(5-2)13(6-3)10-8-7-9-11-13;1-4-5-6(2)3;1-2/h12H,4-11H2,1-3H3;6H,4-5H2,1-3H3;1-2H3. The predicted octanol–water partition coefficient (Wildman–Crippen LogP) is 8.25. The van der Waals surface area contributed by atoms with Crippen molar-refractivity contribution >= 4 is 0 Å². The molecular formula is C21H46. The van der Waals surface area contributed by atoms with Gasteiger partial charge in [-0.3, -0.25) is 0 Å². The van der Waals surface area contributed by atoms with Crippen LogP contribution in [0.3, 0.4) is 0 Å². The van der Waals surface area contributed by atoms with Gasteiger partial charge in [-0.15, -0.1) is 0 Å². The molecule has 0 aliphatic heterocycles. The highest BCUT2D eigenvalue weighted by atomic mass is 14.4. The van der Waals surface area contributed by atoms with Crippen LogP contribution in [0.2, 0.25) is 0 Å². The molecule has 0 bridgehead atoms. The molecule has 0 aromatic carbocycles. The maximum absolute atomic E-state index is 2.41. The van der Waals surface area contributed by atoms with Gasteiger partial charge in [0, 0.05) is 0 Å². The van der Waals surface area contributed by atoms with Gasteiger partial charge < -0.3 is 0 Å². The lowest BCUT2D eigenvalue weighted by atomic mass is 9.63.